The Morgan fingerprint density at radius 2 is 1.79 bits per heavy atom. The van der Waals surface area contributed by atoms with Gasteiger partial charge in [-0.15, -0.1) is 0 Å². The van der Waals surface area contributed by atoms with Gasteiger partial charge in [0.05, 0.1) is 18.2 Å². The average molecular weight is 406 g/mol. The molecule has 0 aliphatic carbocycles. The number of rotatable bonds is 5. The van der Waals surface area contributed by atoms with Crippen molar-refractivity contribution in [1.29, 1.82) is 0 Å². The van der Waals surface area contributed by atoms with E-state index in [1.165, 1.54) is 6.07 Å². The van der Waals surface area contributed by atoms with Gasteiger partial charge in [0.25, 0.3) is 0 Å². The lowest BCUT2D eigenvalue weighted by atomic mass is 9.99. The Bertz CT molecular complexity index is 674. The predicted octanol–water partition coefficient (Wildman–Crippen LogP) is 2.99. The van der Waals surface area contributed by atoms with Crippen LogP contribution >= 0.6 is 0 Å². The molecule has 5 nitrogen and oxygen atoms in total. The molecule has 2 aliphatic rings. The molecule has 162 valence electrons. The number of hydrogen-bond acceptors (Lipinski definition) is 4. The zero-order valence-electron chi connectivity index (χ0n) is 18.3. The monoisotopic (exact) mass is 405 g/mol. The van der Waals surface area contributed by atoms with Crippen LogP contribution in [0.15, 0.2) is 24.3 Å². The molecule has 3 rings (SSSR count). The van der Waals surface area contributed by atoms with Crippen molar-refractivity contribution in [2.45, 2.75) is 58.9 Å². The van der Waals surface area contributed by atoms with E-state index in [4.69, 9.17) is 4.74 Å². The summed E-state index contributed by atoms with van der Waals surface area (Å²) in [6, 6.07) is 6.85. The van der Waals surface area contributed by atoms with Gasteiger partial charge in [0, 0.05) is 51.4 Å². The first kappa shape index (κ1) is 22.2. The summed E-state index contributed by atoms with van der Waals surface area (Å²) >= 11 is 0. The second-order valence-electron chi connectivity index (χ2n) is 8.95. The van der Waals surface area contributed by atoms with Gasteiger partial charge in [-0.3, -0.25) is 14.6 Å². The smallest absolute Gasteiger partial charge is 0.240 e. The van der Waals surface area contributed by atoms with Gasteiger partial charge in [0.1, 0.15) is 5.82 Å². The first-order valence-electron chi connectivity index (χ1n) is 11.0. The summed E-state index contributed by atoms with van der Waals surface area (Å²) in [6.07, 6.45) is 1.21. The first-order chi connectivity index (χ1) is 13.8. The number of carbonyl (C=O) groups excluding carboxylic acids is 1. The summed E-state index contributed by atoms with van der Waals surface area (Å²) in [4.78, 5) is 20.1. The maximum Gasteiger partial charge on any atom is 0.240 e. The molecule has 0 bridgehead atoms. The molecule has 0 aromatic heterocycles. The molecular formula is C23H36FN3O2. The molecule has 3 atom stereocenters. The van der Waals surface area contributed by atoms with E-state index < -0.39 is 0 Å². The Balaban J connectivity index is 1.63. The van der Waals surface area contributed by atoms with Crippen LogP contribution in [0, 0.1) is 11.7 Å². The minimum Gasteiger partial charge on any atom is -0.373 e. The summed E-state index contributed by atoms with van der Waals surface area (Å²) in [7, 11) is 0. The third-order valence-electron chi connectivity index (χ3n) is 5.98. The topological polar surface area (TPSA) is 36.0 Å². The highest BCUT2D eigenvalue weighted by Gasteiger charge is 2.36. The van der Waals surface area contributed by atoms with E-state index in [0.29, 0.717) is 13.1 Å². The van der Waals surface area contributed by atoms with Crippen LogP contribution in [-0.4, -0.2) is 78.1 Å². The Morgan fingerprint density at radius 1 is 1.10 bits per heavy atom. The molecule has 0 N–H and O–H groups in total. The third-order valence-corrected chi connectivity index (χ3v) is 5.98. The Morgan fingerprint density at radius 3 is 2.45 bits per heavy atom. The number of ether oxygens (including phenoxy) is 1. The standard InChI is InChI=1S/C23H36FN3O2/c1-17(2)22(27-14-18(3)29-19(4)15-27)23(28)26-11-7-10-25(12-13-26)16-20-8-5-6-9-21(20)24/h5-6,8-9,17-19,22H,7,10-16H2,1-4H3/t18-,19+,22-/m0/s1. The summed E-state index contributed by atoms with van der Waals surface area (Å²) in [5.74, 6) is 0.326. The molecule has 2 aliphatic heterocycles. The maximum atomic E-state index is 14.0. The van der Waals surface area contributed by atoms with E-state index >= 15 is 0 Å². The van der Waals surface area contributed by atoms with Crippen LogP contribution in [0.1, 0.15) is 39.7 Å². The van der Waals surface area contributed by atoms with E-state index in [1.807, 2.05) is 17.0 Å². The number of carbonyl (C=O) groups is 1. The van der Waals surface area contributed by atoms with Crippen LogP contribution in [0.25, 0.3) is 0 Å². The van der Waals surface area contributed by atoms with Gasteiger partial charge in [0.2, 0.25) is 5.91 Å². The molecule has 2 fully saturated rings. The number of morpholine rings is 1. The lowest BCUT2D eigenvalue weighted by molar-refractivity contribution is -0.145. The molecule has 0 saturated carbocycles. The lowest BCUT2D eigenvalue weighted by Gasteiger charge is -2.42. The van der Waals surface area contributed by atoms with E-state index in [9.17, 15) is 9.18 Å². The number of benzene rings is 1. The second kappa shape index (κ2) is 10.0. The fourth-order valence-corrected chi connectivity index (χ4v) is 4.71. The van der Waals surface area contributed by atoms with E-state index in [2.05, 4.69) is 37.5 Å². The predicted molar refractivity (Wildman–Crippen MR) is 113 cm³/mol. The van der Waals surface area contributed by atoms with Crippen LogP contribution < -0.4 is 0 Å². The Labute approximate surface area is 174 Å². The van der Waals surface area contributed by atoms with Crippen molar-refractivity contribution in [1.82, 2.24) is 14.7 Å². The van der Waals surface area contributed by atoms with Crippen LogP contribution in [0.5, 0.6) is 0 Å². The van der Waals surface area contributed by atoms with Crippen molar-refractivity contribution in [3.8, 4) is 0 Å². The van der Waals surface area contributed by atoms with E-state index in [0.717, 1.165) is 44.7 Å². The van der Waals surface area contributed by atoms with Crippen LogP contribution in [0.2, 0.25) is 0 Å². The SMILES string of the molecule is CC(C)[C@@H](C(=O)N1CCCN(Cc2ccccc2F)CC1)N1C[C@@H](C)O[C@@H](C)C1. The molecule has 1 aromatic rings. The molecule has 6 heteroatoms. The normalized spacial score (nSPS) is 25.8. The van der Waals surface area contributed by atoms with Gasteiger partial charge in [-0.25, -0.2) is 4.39 Å². The Kier molecular flexibility index (Phi) is 7.66. The van der Waals surface area contributed by atoms with Crippen molar-refractivity contribution in [2.75, 3.05) is 39.3 Å². The van der Waals surface area contributed by atoms with Gasteiger partial charge >= 0.3 is 0 Å². The van der Waals surface area contributed by atoms with Gasteiger partial charge < -0.3 is 9.64 Å². The van der Waals surface area contributed by atoms with Gasteiger partial charge in [-0.05, 0) is 32.3 Å². The zero-order valence-corrected chi connectivity index (χ0v) is 18.3. The molecular weight excluding hydrogens is 369 g/mol. The number of halogens is 1. The summed E-state index contributed by atoms with van der Waals surface area (Å²) in [5.41, 5.74) is 0.726. The number of hydrogen-bond donors (Lipinski definition) is 0. The molecule has 29 heavy (non-hydrogen) atoms. The molecule has 0 radical (unpaired) electrons. The molecule has 1 amide bonds. The maximum absolute atomic E-state index is 14.0. The van der Waals surface area contributed by atoms with Crippen molar-refractivity contribution >= 4 is 5.91 Å². The highest BCUT2D eigenvalue weighted by atomic mass is 19.1. The summed E-state index contributed by atoms with van der Waals surface area (Å²) in [5, 5.41) is 0. The summed E-state index contributed by atoms with van der Waals surface area (Å²) < 4.78 is 19.9. The molecule has 0 unspecified atom stereocenters. The molecule has 2 heterocycles. The number of nitrogens with zero attached hydrogens (tertiary/aromatic N) is 3. The van der Waals surface area contributed by atoms with Gasteiger partial charge in [0.15, 0.2) is 0 Å². The highest BCUT2D eigenvalue weighted by molar-refractivity contribution is 5.82. The van der Waals surface area contributed by atoms with Gasteiger partial charge in [-0.1, -0.05) is 32.0 Å². The highest BCUT2D eigenvalue weighted by Crippen LogP contribution is 2.21. The summed E-state index contributed by atoms with van der Waals surface area (Å²) in [6.45, 7) is 13.8. The molecule has 0 spiro atoms. The average Bonchev–Trinajstić information content (AvgIpc) is 2.88. The van der Waals surface area contributed by atoms with Gasteiger partial charge in [-0.2, -0.15) is 0 Å². The lowest BCUT2D eigenvalue weighted by Crippen LogP contribution is -2.58. The zero-order chi connectivity index (χ0) is 21.0. The first-order valence-corrected chi connectivity index (χ1v) is 11.0. The van der Waals surface area contributed by atoms with Crippen LogP contribution in [0.3, 0.4) is 0 Å². The van der Waals surface area contributed by atoms with E-state index in [-0.39, 0.29) is 35.9 Å². The third kappa shape index (κ3) is 5.77. The van der Waals surface area contributed by atoms with Crippen molar-refractivity contribution in [3.05, 3.63) is 35.6 Å². The van der Waals surface area contributed by atoms with Crippen molar-refractivity contribution in [3.63, 3.8) is 0 Å². The molecule has 1 aromatic carbocycles. The molecule has 2 saturated heterocycles. The van der Waals surface area contributed by atoms with E-state index in [1.54, 1.807) is 6.07 Å². The minimum absolute atomic E-state index is 0.109. The quantitative estimate of drug-likeness (QED) is 0.755. The van der Waals surface area contributed by atoms with Crippen LogP contribution in [-0.2, 0) is 16.1 Å². The number of amides is 1. The largest absolute Gasteiger partial charge is 0.373 e. The van der Waals surface area contributed by atoms with Crippen molar-refractivity contribution in [2.24, 2.45) is 5.92 Å². The van der Waals surface area contributed by atoms with Crippen molar-refractivity contribution < 1.29 is 13.9 Å². The fraction of sp³-hybridized carbons (Fsp3) is 0.696. The second-order valence-corrected chi connectivity index (χ2v) is 8.95. The fourth-order valence-electron chi connectivity index (χ4n) is 4.71. The van der Waals surface area contributed by atoms with Crippen LogP contribution in [0.4, 0.5) is 4.39 Å². The Hall–Kier alpha value is -1.50. The minimum atomic E-state index is -0.153.